The summed E-state index contributed by atoms with van der Waals surface area (Å²) in [5.41, 5.74) is 7.27. The van der Waals surface area contributed by atoms with Gasteiger partial charge >= 0.3 is 0 Å². The maximum Gasteiger partial charge on any atom is 0.239 e. The molecular weight excluding hydrogens is 373 g/mol. The standard InChI is InChI=1S/C19H29N3O2.2ClH/c20-18(14-16-4-2-1-3-5-16)19(23)22-10-8-21(9-11-22)15-17-6-12-24-13-7-17;;/h1-5,17-18H,6-15,20H2;2*1H. The number of halogens is 2. The number of benzene rings is 1. The van der Waals surface area contributed by atoms with Crippen LogP contribution in [0.4, 0.5) is 0 Å². The number of hydrogen-bond acceptors (Lipinski definition) is 4. The minimum absolute atomic E-state index is 0. The number of amides is 1. The number of hydrogen-bond donors (Lipinski definition) is 1. The second-order valence-corrected chi connectivity index (χ2v) is 6.98. The molecule has 7 heteroatoms. The zero-order valence-electron chi connectivity index (χ0n) is 15.2. The van der Waals surface area contributed by atoms with Crippen molar-refractivity contribution in [3.63, 3.8) is 0 Å². The molecule has 1 aromatic carbocycles. The predicted molar refractivity (Wildman–Crippen MR) is 109 cm³/mol. The summed E-state index contributed by atoms with van der Waals surface area (Å²) in [5, 5.41) is 0. The van der Waals surface area contributed by atoms with E-state index in [0.717, 1.165) is 57.4 Å². The van der Waals surface area contributed by atoms with Gasteiger partial charge < -0.3 is 15.4 Å². The monoisotopic (exact) mass is 403 g/mol. The molecule has 1 unspecified atom stereocenters. The molecule has 1 atom stereocenters. The van der Waals surface area contributed by atoms with E-state index in [2.05, 4.69) is 4.90 Å². The molecule has 0 bridgehead atoms. The Balaban J connectivity index is 0.00000169. The van der Waals surface area contributed by atoms with Crippen LogP contribution in [0.1, 0.15) is 18.4 Å². The fourth-order valence-corrected chi connectivity index (χ4v) is 3.63. The lowest BCUT2D eigenvalue weighted by Gasteiger charge is -2.38. The summed E-state index contributed by atoms with van der Waals surface area (Å²) in [6, 6.07) is 9.57. The van der Waals surface area contributed by atoms with Gasteiger partial charge in [-0.05, 0) is 30.7 Å². The second-order valence-electron chi connectivity index (χ2n) is 6.98. The van der Waals surface area contributed by atoms with Crippen molar-refractivity contribution in [1.29, 1.82) is 0 Å². The number of carbonyl (C=O) groups excluding carboxylic acids is 1. The molecule has 5 nitrogen and oxygen atoms in total. The van der Waals surface area contributed by atoms with Crippen LogP contribution in [0, 0.1) is 5.92 Å². The highest BCUT2D eigenvalue weighted by Crippen LogP contribution is 2.17. The van der Waals surface area contributed by atoms with Crippen molar-refractivity contribution in [3.8, 4) is 0 Å². The van der Waals surface area contributed by atoms with Gasteiger partial charge in [-0.25, -0.2) is 0 Å². The van der Waals surface area contributed by atoms with E-state index in [1.807, 2.05) is 35.2 Å². The third-order valence-corrected chi connectivity index (χ3v) is 5.16. The molecular formula is C19H31Cl2N3O2. The largest absolute Gasteiger partial charge is 0.381 e. The lowest BCUT2D eigenvalue weighted by molar-refractivity contribution is -0.134. The van der Waals surface area contributed by atoms with Gasteiger partial charge in [0.05, 0.1) is 6.04 Å². The van der Waals surface area contributed by atoms with E-state index < -0.39 is 6.04 Å². The van der Waals surface area contributed by atoms with Crippen molar-refractivity contribution in [2.24, 2.45) is 11.7 Å². The first-order chi connectivity index (χ1) is 11.7. The van der Waals surface area contributed by atoms with Crippen molar-refractivity contribution in [2.75, 3.05) is 45.9 Å². The van der Waals surface area contributed by atoms with Gasteiger partial charge in [-0.3, -0.25) is 9.69 Å². The highest BCUT2D eigenvalue weighted by molar-refractivity contribution is 5.85. The Hall–Kier alpha value is -0.850. The molecule has 148 valence electrons. The van der Waals surface area contributed by atoms with E-state index in [1.165, 1.54) is 12.8 Å². The Morgan fingerprint density at radius 2 is 1.69 bits per heavy atom. The first kappa shape index (κ1) is 23.2. The first-order valence-corrected chi connectivity index (χ1v) is 9.11. The van der Waals surface area contributed by atoms with Crippen LogP contribution in [0.25, 0.3) is 0 Å². The zero-order valence-corrected chi connectivity index (χ0v) is 16.9. The van der Waals surface area contributed by atoms with E-state index in [9.17, 15) is 4.79 Å². The zero-order chi connectivity index (χ0) is 16.8. The Morgan fingerprint density at radius 3 is 2.31 bits per heavy atom. The van der Waals surface area contributed by atoms with E-state index in [4.69, 9.17) is 10.5 Å². The molecule has 1 aromatic rings. The molecule has 2 heterocycles. The van der Waals surface area contributed by atoms with Gasteiger partial charge in [-0.2, -0.15) is 0 Å². The normalized spacial score (nSPS) is 20.0. The summed E-state index contributed by atoms with van der Waals surface area (Å²) >= 11 is 0. The lowest BCUT2D eigenvalue weighted by atomic mass is 9.99. The summed E-state index contributed by atoms with van der Waals surface area (Å²) in [4.78, 5) is 17.0. The van der Waals surface area contributed by atoms with E-state index in [0.29, 0.717) is 6.42 Å². The van der Waals surface area contributed by atoms with Crippen LogP contribution < -0.4 is 5.73 Å². The third-order valence-electron chi connectivity index (χ3n) is 5.16. The Kier molecular flexibility index (Phi) is 10.5. The van der Waals surface area contributed by atoms with Gasteiger partial charge in [-0.15, -0.1) is 24.8 Å². The van der Waals surface area contributed by atoms with Crippen LogP contribution in [0.15, 0.2) is 30.3 Å². The van der Waals surface area contributed by atoms with Crippen LogP contribution >= 0.6 is 24.8 Å². The van der Waals surface area contributed by atoms with E-state index in [-0.39, 0.29) is 30.7 Å². The third kappa shape index (κ3) is 6.71. The van der Waals surface area contributed by atoms with Gasteiger partial charge in [0.25, 0.3) is 0 Å². The number of nitrogens with zero attached hydrogens (tertiary/aromatic N) is 2. The number of ether oxygens (including phenoxy) is 1. The van der Waals surface area contributed by atoms with Crippen molar-refractivity contribution in [3.05, 3.63) is 35.9 Å². The number of carbonyl (C=O) groups is 1. The Morgan fingerprint density at radius 1 is 1.08 bits per heavy atom. The van der Waals surface area contributed by atoms with E-state index in [1.54, 1.807) is 0 Å². The van der Waals surface area contributed by atoms with Gasteiger partial charge in [0.1, 0.15) is 0 Å². The lowest BCUT2D eigenvalue weighted by Crippen LogP contribution is -2.54. The first-order valence-electron chi connectivity index (χ1n) is 9.11. The van der Waals surface area contributed by atoms with E-state index >= 15 is 0 Å². The quantitative estimate of drug-likeness (QED) is 0.816. The number of nitrogens with two attached hydrogens (primary N) is 1. The van der Waals surface area contributed by atoms with Crippen molar-refractivity contribution in [2.45, 2.75) is 25.3 Å². The predicted octanol–water partition coefficient (Wildman–Crippen LogP) is 1.97. The van der Waals surface area contributed by atoms with Gasteiger partial charge in [0.15, 0.2) is 0 Å². The van der Waals surface area contributed by atoms with Crippen LogP contribution in [-0.2, 0) is 16.0 Å². The maximum atomic E-state index is 12.6. The van der Waals surface area contributed by atoms with Crippen LogP contribution in [0.5, 0.6) is 0 Å². The molecule has 3 rings (SSSR count). The summed E-state index contributed by atoms with van der Waals surface area (Å²) in [6.45, 7) is 6.45. The molecule has 2 saturated heterocycles. The fraction of sp³-hybridized carbons (Fsp3) is 0.632. The molecule has 2 aliphatic heterocycles. The Labute approximate surface area is 169 Å². The number of rotatable bonds is 5. The SMILES string of the molecule is Cl.Cl.NC(Cc1ccccc1)C(=O)N1CCN(CC2CCOCC2)CC1. The average molecular weight is 404 g/mol. The topological polar surface area (TPSA) is 58.8 Å². The van der Waals surface area contributed by atoms with Gasteiger partial charge in [0, 0.05) is 45.9 Å². The van der Waals surface area contributed by atoms with Crippen molar-refractivity contribution < 1.29 is 9.53 Å². The summed E-state index contributed by atoms with van der Waals surface area (Å²) in [6.07, 6.45) is 2.95. The maximum absolute atomic E-state index is 12.6. The van der Waals surface area contributed by atoms with Crippen LogP contribution in [0.2, 0.25) is 0 Å². The van der Waals surface area contributed by atoms with Crippen molar-refractivity contribution >= 4 is 30.7 Å². The molecule has 0 saturated carbocycles. The molecule has 0 aliphatic carbocycles. The molecule has 2 N–H and O–H groups in total. The molecule has 0 aromatic heterocycles. The minimum Gasteiger partial charge on any atom is -0.381 e. The Bertz CT molecular complexity index is 519. The summed E-state index contributed by atoms with van der Waals surface area (Å²) in [7, 11) is 0. The number of piperazine rings is 1. The molecule has 0 spiro atoms. The highest BCUT2D eigenvalue weighted by Gasteiger charge is 2.26. The summed E-state index contributed by atoms with van der Waals surface area (Å²) in [5.74, 6) is 0.839. The molecule has 26 heavy (non-hydrogen) atoms. The summed E-state index contributed by atoms with van der Waals surface area (Å²) < 4.78 is 5.43. The molecule has 0 radical (unpaired) electrons. The average Bonchev–Trinajstić information content (AvgIpc) is 2.63. The van der Waals surface area contributed by atoms with Crippen LogP contribution in [-0.4, -0.2) is 67.7 Å². The van der Waals surface area contributed by atoms with Crippen molar-refractivity contribution in [1.82, 2.24) is 9.80 Å². The molecule has 2 fully saturated rings. The molecule has 1 amide bonds. The highest BCUT2D eigenvalue weighted by atomic mass is 35.5. The van der Waals surface area contributed by atoms with Gasteiger partial charge in [-0.1, -0.05) is 30.3 Å². The van der Waals surface area contributed by atoms with Gasteiger partial charge in [0.2, 0.25) is 5.91 Å². The second kappa shape index (κ2) is 11.8. The smallest absolute Gasteiger partial charge is 0.239 e. The molecule has 2 aliphatic rings. The van der Waals surface area contributed by atoms with Crippen LogP contribution in [0.3, 0.4) is 0 Å². The minimum atomic E-state index is -0.436. The fourth-order valence-electron chi connectivity index (χ4n) is 3.63.